The van der Waals surface area contributed by atoms with Crippen LogP contribution in [0.3, 0.4) is 0 Å². The van der Waals surface area contributed by atoms with Crippen LogP contribution in [0.5, 0.6) is 0 Å². The summed E-state index contributed by atoms with van der Waals surface area (Å²) in [6.07, 6.45) is -2.39. The second-order valence-electron chi connectivity index (χ2n) is 11.5. The molecular formula is C22H47N2O3PSSi. The van der Waals surface area contributed by atoms with Crippen LogP contribution in [0.25, 0.3) is 0 Å². The van der Waals surface area contributed by atoms with E-state index in [4.69, 9.17) is 26.0 Å². The molecule has 0 amide bonds. The van der Waals surface area contributed by atoms with Crippen LogP contribution in [0.15, 0.2) is 0 Å². The summed E-state index contributed by atoms with van der Waals surface area (Å²) < 4.78 is 24.4. The van der Waals surface area contributed by atoms with E-state index in [0.717, 1.165) is 0 Å². The minimum absolute atomic E-state index is 0.00299. The molecule has 2 aliphatic rings. The van der Waals surface area contributed by atoms with E-state index < -0.39 is 20.2 Å². The fraction of sp³-hybridized carbons (Fsp3) is 1.00. The summed E-state index contributed by atoms with van der Waals surface area (Å²) in [5.41, 5.74) is 0. The maximum absolute atomic E-state index is 6.94. The molecule has 2 saturated heterocycles. The molecule has 8 heteroatoms. The van der Waals surface area contributed by atoms with Crippen LogP contribution in [-0.4, -0.2) is 71.1 Å². The molecule has 0 saturated carbocycles. The molecule has 0 aromatic rings. The SMILES string of the molecule is CC(C)N(C(C)C)P(=S)(N(C(C)C)C(C)C)[C@@]1([Si](C)(C)C)O[C@@H]1[C@H]1COC(C)(C)O1. The van der Waals surface area contributed by atoms with Crippen molar-refractivity contribution in [1.82, 2.24) is 9.34 Å². The van der Waals surface area contributed by atoms with Crippen LogP contribution in [0.1, 0.15) is 69.2 Å². The number of ether oxygens (including phenoxy) is 3. The van der Waals surface area contributed by atoms with E-state index in [9.17, 15) is 0 Å². The van der Waals surface area contributed by atoms with Crippen molar-refractivity contribution in [3.05, 3.63) is 0 Å². The Bertz CT molecular complexity index is 625. The monoisotopic (exact) mass is 478 g/mol. The zero-order chi connectivity index (χ0) is 23.4. The molecule has 0 unspecified atom stereocenters. The third-order valence-corrected chi connectivity index (χ3v) is 18.5. The van der Waals surface area contributed by atoms with Crippen LogP contribution in [-0.2, 0) is 26.0 Å². The molecule has 3 atom stereocenters. The van der Waals surface area contributed by atoms with Crippen LogP contribution >= 0.6 is 6.34 Å². The van der Waals surface area contributed by atoms with Crippen molar-refractivity contribution in [3.63, 3.8) is 0 Å². The molecule has 2 aliphatic heterocycles. The lowest BCUT2D eigenvalue weighted by Crippen LogP contribution is -2.57. The fourth-order valence-corrected chi connectivity index (χ4v) is 20.6. The van der Waals surface area contributed by atoms with Crippen molar-refractivity contribution in [1.29, 1.82) is 0 Å². The van der Waals surface area contributed by atoms with E-state index in [1.165, 1.54) is 0 Å². The van der Waals surface area contributed by atoms with E-state index in [0.29, 0.717) is 30.8 Å². The summed E-state index contributed by atoms with van der Waals surface area (Å²) in [7, 11) is -1.89. The first-order valence-corrected chi connectivity index (χ1v) is 17.8. The summed E-state index contributed by atoms with van der Waals surface area (Å²) in [6.45, 7) is 30.1. The van der Waals surface area contributed by atoms with Gasteiger partial charge in [0.25, 0.3) is 0 Å². The molecule has 5 nitrogen and oxygen atoms in total. The van der Waals surface area contributed by atoms with Crippen molar-refractivity contribution >= 4 is 26.2 Å². The fourth-order valence-electron chi connectivity index (χ4n) is 5.53. The second kappa shape index (κ2) is 8.79. The van der Waals surface area contributed by atoms with E-state index in [-0.39, 0.29) is 17.2 Å². The summed E-state index contributed by atoms with van der Waals surface area (Å²) in [5, 5.41) is 0. The van der Waals surface area contributed by atoms with Gasteiger partial charge in [0.15, 0.2) is 5.79 Å². The summed E-state index contributed by atoms with van der Waals surface area (Å²) >= 11 is 6.94. The van der Waals surface area contributed by atoms with Gasteiger partial charge in [0.2, 0.25) is 0 Å². The number of rotatable bonds is 9. The molecule has 30 heavy (non-hydrogen) atoms. The molecule has 0 radical (unpaired) electrons. The van der Waals surface area contributed by atoms with Gasteiger partial charge in [0.1, 0.15) is 23.5 Å². The Kier molecular flexibility index (Phi) is 7.89. The van der Waals surface area contributed by atoms with Crippen LogP contribution in [0.4, 0.5) is 0 Å². The van der Waals surface area contributed by atoms with Gasteiger partial charge in [-0.25, -0.2) is 0 Å². The summed E-state index contributed by atoms with van der Waals surface area (Å²) in [6, 6.07) is 1.36. The van der Waals surface area contributed by atoms with Crippen LogP contribution in [0.2, 0.25) is 19.6 Å². The average molecular weight is 479 g/mol. The smallest absolute Gasteiger partial charge is 0.163 e. The standard InChI is InChI=1S/C22H47N2O3PSSi/c1-15(2)23(16(3)4)28(29,24(17(5)6)18(7)8)22(30(11,12)13)20(27-22)19-14-25-21(9,10)26-19/h15-20H,14H2,1-13H3/t19-,20-,22+/m1/s1. The molecule has 0 bridgehead atoms. The average Bonchev–Trinajstić information content (AvgIpc) is 3.18. The highest BCUT2D eigenvalue weighted by molar-refractivity contribution is 8.14. The van der Waals surface area contributed by atoms with Crippen molar-refractivity contribution in [2.75, 3.05) is 6.61 Å². The predicted molar refractivity (Wildman–Crippen MR) is 134 cm³/mol. The Morgan fingerprint density at radius 1 is 0.833 bits per heavy atom. The van der Waals surface area contributed by atoms with Gasteiger partial charge in [-0.05, 0) is 69.2 Å². The van der Waals surface area contributed by atoms with E-state index >= 15 is 0 Å². The summed E-state index contributed by atoms with van der Waals surface area (Å²) in [4.78, 5) is -0.327. The number of epoxide rings is 1. The molecule has 2 heterocycles. The molecule has 0 aliphatic carbocycles. The van der Waals surface area contributed by atoms with Gasteiger partial charge in [-0.15, -0.1) is 0 Å². The first-order chi connectivity index (χ1) is 13.4. The largest absolute Gasteiger partial charge is 0.359 e. The highest BCUT2D eigenvalue weighted by Crippen LogP contribution is 2.78. The van der Waals surface area contributed by atoms with E-state index in [1.54, 1.807) is 0 Å². The Morgan fingerprint density at radius 3 is 1.50 bits per heavy atom. The maximum Gasteiger partial charge on any atom is 0.163 e. The predicted octanol–water partition coefficient (Wildman–Crippen LogP) is 5.66. The lowest BCUT2D eigenvalue weighted by atomic mass is 10.3. The van der Waals surface area contributed by atoms with Crippen molar-refractivity contribution in [3.8, 4) is 0 Å². The van der Waals surface area contributed by atoms with E-state index in [2.05, 4.69) is 84.4 Å². The topological polar surface area (TPSA) is 37.5 Å². The highest BCUT2D eigenvalue weighted by atomic mass is 32.4. The molecule has 0 N–H and O–H groups in total. The Balaban J connectivity index is 2.72. The van der Waals surface area contributed by atoms with E-state index in [1.807, 2.05) is 13.8 Å². The van der Waals surface area contributed by atoms with Crippen LogP contribution in [0, 0.1) is 0 Å². The zero-order valence-electron chi connectivity index (χ0n) is 21.6. The summed E-state index contributed by atoms with van der Waals surface area (Å²) in [5.74, 6) is -0.560. The Hall–Kier alpha value is 0.667. The number of hydrogen-bond donors (Lipinski definition) is 0. The first kappa shape index (κ1) is 26.9. The van der Waals surface area contributed by atoms with Gasteiger partial charge in [-0.2, -0.15) is 0 Å². The van der Waals surface area contributed by atoms with Gasteiger partial charge in [0, 0.05) is 24.2 Å². The lowest BCUT2D eigenvalue weighted by molar-refractivity contribution is -0.140. The molecule has 0 aromatic heterocycles. The van der Waals surface area contributed by atoms with Gasteiger partial charge < -0.3 is 14.2 Å². The quantitative estimate of drug-likeness (QED) is 0.242. The second-order valence-corrected chi connectivity index (χ2v) is 21.4. The van der Waals surface area contributed by atoms with Gasteiger partial charge in [0.05, 0.1) is 14.7 Å². The van der Waals surface area contributed by atoms with Crippen molar-refractivity contribution < 1.29 is 14.2 Å². The van der Waals surface area contributed by atoms with Crippen molar-refractivity contribution in [2.24, 2.45) is 0 Å². The first-order valence-electron chi connectivity index (χ1n) is 11.6. The zero-order valence-corrected chi connectivity index (χ0v) is 24.4. The molecule has 0 aromatic carbocycles. The third-order valence-electron chi connectivity index (χ3n) is 6.25. The Labute approximate surface area is 192 Å². The maximum atomic E-state index is 6.94. The van der Waals surface area contributed by atoms with Gasteiger partial charge in [-0.1, -0.05) is 31.4 Å². The van der Waals surface area contributed by atoms with Crippen molar-refractivity contribution in [2.45, 2.75) is 136 Å². The molecule has 2 fully saturated rings. The molecular weight excluding hydrogens is 431 g/mol. The highest BCUT2D eigenvalue weighted by Gasteiger charge is 2.77. The minimum atomic E-state index is -2.32. The number of hydrogen-bond acceptors (Lipinski definition) is 4. The van der Waals surface area contributed by atoms with Gasteiger partial charge >= 0.3 is 0 Å². The Morgan fingerprint density at radius 2 is 1.23 bits per heavy atom. The number of nitrogens with zero attached hydrogens (tertiary/aromatic N) is 2. The molecule has 2 rings (SSSR count). The minimum Gasteiger partial charge on any atom is -0.359 e. The lowest BCUT2D eigenvalue weighted by Gasteiger charge is -2.55. The molecule has 0 spiro atoms. The van der Waals surface area contributed by atoms with Gasteiger partial charge in [-0.3, -0.25) is 9.34 Å². The third kappa shape index (κ3) is 4.39. The molecule has 178 valence electrons. The van der Waals surface area contributed by atoms with Crippen LogP contribution < -0.4 is 0 Å². The normalized spacial score (nSPS) is 30.0.